The molecule has 114 valence electrons. The summed E-state index contributed by atoms with van der Waals surface area (Å²) in [7, 11) is 0. The Kier molecular flexibility index (Phi) is 3.40. The molecule has 4 heteroatoms. The number of benzene rings is 1. The summed E-state index contributed by atoms with van der Waals surface area (Å²) in [5, 5.41) is 1.30. The SMILES string of the molecule is CCOc1cc(Cl)c(C(N)C2C3C4CCC(C4)C32)cc1Cl. The lowest BCUT2D eigenvalue weighted by atomic mass is 9.93. The molecule has 3 aliphatic carbocycles. The van der Waals surface area contributed by atoms with E-state index in [1.807, 2.05) is 19.1 Å². The maximum absolute atomic E-state index is 6.55. The van der Waals surface area contributed by atoms with Gasteiger partial charge in [-0.3, -0.25) is 0 Å². The van der Waals surface area contributed by atoms with Crippen molar-refractivity contribution >= 4 is 23.2 Å². The van der Waals surface area contributed by atoms with Crippen LogP contribution in [-0.2, 0) is 0 Å². The molecule has 1 aromatic rings. The van der Waals surface area contributed by atoms with Gasteiger partial charge in [-0.15, -0.1) is 0 Å². The third kappa shape index (κ3) is 2.10. The van der Waals surface area contributed by atoms with E-state index in [9.17, 15) is 0 Å². The van der Waals surface area contributed by atoms with E-state index in [1.165, 1.54) is 19.3 Å². The summed E-state index contributed by atoms with van der Waals surface area (Å²) in [6.07, 6.45) is 4.26. The lowest BCUT2D eigenvalue weighted by Crippen LogP contribution is -2.18. The number of halogens is 2. The van der Waals surface area contributed by atoms with E-state index in [-0.39, 0.29) is 6.04 Å². The van der Waals surface area contributed by atoms with Crippen molar-refractivity contribution in [3.8, 4) is 5.75 Å². The highest BCUT2D eigenvalue weighted by Gasteiger charge is 2.66. The zero-order valence-corrected chi connectivity index (χ0v) is 13.7. The molecular formula is C17H21Cl2NO. The maximum atomic E-state index is 6.55. The summed E-state index contributed by atoms with van der Waals surface area (Å²) in [5.74, 6) is 4.81. The van der Waals surface area contributed by atoms with Crippen molar-refractivity contribution in [1.82, 2.24) is 0 Å². The van der Waals surface area contributed by atoms with E-state index >= 15 is 0 Å². The smallest absolute Gasteiger partial charge is 0.139 e. The van der Waals surface area contributed by atoms with Crippen LogP contribution in [0, 0.1) is 29.6 Å². The van der Waals surface area contributed by atoms with Crippen LogP contribution in [0.5, 0.6) is 5.75 Å². The van der Waals surface area contributed by atoms with Crippen LogP contribution in [0.3, 0.4) is 0 Å². The van der Waals surface area contributed by atoms with Gasteiger partial charge >= 0.3 is 0 Å². The molecule has 0 spiro atoms. The minimum absolute atomic E-state index is 0.0177. The summed E-state index contributed by atoms with van der Waals surface area (Å²) in [6, 6.07) is 3.74. The van der Waals surface area contributed by atoms with Gasteiger partial charge in [0, 0.05) is 17.1 Å². The van der Waals surface area contributed by atoms with Crippen molar-refractivity contribution < 1.29 is 4.74 Å². The van der Waals surface area contributed by atoms with Crippen molar-refractivity contribution in [1.29, 1.82) is 0 Å². The molecule has 3 aliphatic rings. The Hall–Kier alpha value is -0.440. The monoisotopic (exact) mass is 325 g/mol. The van der Waals surface area contributed by atoms with Crippen LogP contribution in [0.25, 0.3) is 0 Å². The van der Waals surface area contributed by atoms with E-state index in [2.05, 4.69) is 0 Å². The first-order valence-electron chi connectivity index (χ1n) is 7.99. The molecule has 2 nitrogen and oxygen atoms in total. The van der Waals surface area contributed by atoms with Crippen molar-refractivity contribution in [2.45, 2.75) is 32.2 Å². The molecule has 2 bridgehead atoms. The van der Waals surface area contributed by atoms with Crippen molar-refractivity contribution in [2.75, 3.05) is 6.61 Å². The van der Waals surface area contributed by atoms with Gasteiger partial charge in [0.1, 0.15) is 5.75 Å². The lowest BCUT2D eigenvalue weighted by Gasteiger charge is -2.19. The van der Waals surface area contributed by atoms with E-state index in [0.717, 1.165) is 29.2 Å². The molecule has 4 rings (SSSR count). The molecule has 0 radical (unpaired) electrons. The van der Waals surface area contributed by atoms with Crippen LogP contribution >= 0.6 is 23.2 Å². The van der Waals surface area contributed by atoms with Gasteiger partial charge in [-0.05, 0) is 67.4 Å². The first-order valence-corrected chi connectivity index (χ1v) is 8.74. The fourth-order valence-corrected chi connectivity index (χ4v) is 5.65. The van der Waals surface area contributed by atoms with Crippen LogP contribution < -0.4 is 10.5 Å². The Morgan fingerprint density at radius 1 is 1.19 bits per heavy atom. The number of hydrogen-bond acceptors (Lipinski definition) is 2. The highest BCUT2D eigenvalue weighted by molar-refractivity contribution is 6.34. The number of rotatable bonds is 4. The third-order valence-corrected chi connectivity index (χ3v) is 6.54. The standard InChI is InChI=1S/C17H21Cl2NO/c1-2-21-13-7-11(18)10(6-12(13)19)17(20)16-14-8-3-4-9(5-8)15(14)16/h6-9,14-17H,2-5,20H2,1H3. The third-order valence-electron chi connectivity index (χ3n) is 5.92. The molecule has 0 heterocycles. The summed E-state index contributed by atoms with van der Waals surface area (Å²) < 4.78 is 5.49. The second-order valence-electron chi connectivity index (χ2n) is 6.83. The molecule has 0 saturated heterocycles. The predicted octanol–water partition coefficient (Wildman–Crippen LogP) is 4.68. The fraction of sp³-hybridized carbons (Fsp3) is 0.647. The van der Waals surface area contributed by atoms with Gasteiger partial charge in [-0.2, -0.15) is 0 Å². The van der Waals surface area contributed by atoms with E-state index in [0.29, 0.717) is 28.3 Å². The molecule has 3 fully saturated rings. The molecule has 0 amide bonds. The molecule has 21 heavy (non-hydrogen) atoms. The molecule has 2 N–H and O–H groups in total. The molecule has 5 atom stereocenters. The van der Waals surface area contributed by atoms with Crippen LogP contribution in [-0.4, -0.2) is 6.61 Å². The highest BCUT2D eigenvalue weighted by atomic mass is 35.5. The Morgan fingerprint density at radius 3 is 2.48 bits per heavy atom. The summed E-state index contributed by atoms with van der Waals surface area (Å²) in [5.41, 5.74) is 7.54. The van der Waals surface area contributed by atoms with Gasteiger partial charge in [-0.25, -0.2) is 0 Å². The highest BCUT2D eigenvalue weighted by Crippen LogP contribution is 2.72. The van der Waals surface area contributed by atoms with Crippen LogP contribution in [0.1, 0.15) is 37.8 Å². The largest absolute Gasteiger partial charge is 0.492 e. The minimum atomic E-state index is 0.0177. The van der Waals surface area contributed by atoms with Crippen molar-refractivity contribution in [3.05, 3.63) is 27.7 Å². The first-order chi connectivity index (χ1) is 10.1. The molecule has 0 aromatic heterocycles. The summed E-state index contributed by atoms with van der Waals surface area (Å²) >= 11 is 12.7. The topological polar surface area (TPSA) is 35.2 Å². The van der Waals surface area contributed by atoms with Crippen LogP contribution in [0.2, 0.25) is 10.0 Å². The Balaban J connectivity index is 1.58. The van der Waals surface area contributed by atoms with E-state index < -0.39 is 0 Å². The second kappa shape index (κ2) is 5.04. The maximum Gasteiger partial charge on any atom is 0.139 e. The summed E-state index contributed by atoms with van der Waals surface area (Å²) in [6.45, 7) is 2.52. The number of nitrogens with two attached hydrogens (primary N) is 1. The summed E-state index contributed by atoms with van der Waals surface area (Å²) in [4.78, 5) is 0. The minimum Gasteiger partial charge on any atom is -0.492 e. The molecule has 3 saturated carbocycles. The Morgan fingerprint density at radius 2 is 1.86 bits per heavy atom. The van der Waals surface area contributed by atoms with Crippen LogP contribution in [0.4, 0.5) is 0 Å². The predicted molar refractivity (Wildman–Crippen MR) is 85.9 cm³/mol. The fourth-order valence-electron chi connectivity index (χ4n) is 5.15. The number of hydrogen-bond donors (Lipinski definition) is 1. The van der Waals surface area contributed by atoms with Crippen molar-refractivity contribution in [3.63, 3.8) is 0 Å². The van der Waals surface area contributed by atoms with Gasteiger partial charge in [0.25, 0.3) is 0 Å². The lowest BCUT2D eigenvalue weighted by molar-refractivity contribution is 0.340. The van der Waals surface area contributed by atoms with Gasteiger partial charge in [0.05, 0.1) is 11.6 Å². The normalized spacial score (nSPS) is 37.4. The van der Waals surface area contributed by atoms with Gasteiger partial charge in [0.2, 0.25) is 0 Å². The quantitative estimate of drug-likeness (QED) is 0.871. The van der Waals surface area contributed by atoms with E-state index in [1.54, 1.807) is 0 Å². The van der Waals surface area contributed by atoms with Crippen LogP contribution in [0.15, 0.2) is 12.1 Å². The molecule has 0 aliphatic heterocycles. The number of ether oxygens (including phenoxy) is 1. The van der Waals surface area contributed by atoms with Gasteiger partial charge < -0.3 is 10.5 Å². The van der Waals surface area contributed by atoms with Crippen molar-refractivity contribution in [2.24, 2.45) is 35.3 Å². The van der Waals surface area contributed by atoms with Gasteiger partial charge in [-0.1, -0.05) is 23.2 Å². The average Bonchev–Trinajstić information content (AvgIpc) is 2.89. The second-order valence-corrected chi connectivity index (χ2v) is 7.64. The average molecular weight is 326 g/mol. The Labute approximate surface area is 135 Å². The molecule has 1 aromatic carbocycles. The molecular weight excluding hydrogens is 305 g/mol. The molecule has 5 unspecified atom stereocenters. The zero-order chi connectivity index (χ0) is 14.7. The first kappa shape index (κ1) is 14.2. The van der Waals surface area contributed by atoms with E-state index in [4.69, 9.17) is 33.7 Å². The zero-order valence-electron chi connectivity index (χ0n) is 12.2. The number of fused-ring (bicyclic) bond motifs is 5. The Bertz CT molecular complexity index is 560. The van der Waals surface area contributed by atoms with Gasteiger partial charge in [0.15, 0.2) is 0 Å².